The number of benzene rings is 2. The largest absolute Gasteiger partial charge is 0.371 e. The highest BCUT2D eigenvalue weighted by atomic mass is 16.5. The molecule has 0 amide bonds. The van der Waals surface area contributed by atoms with Crippen molar-refractivity contribution in [3.63, 3.8) is 0 Å². The summed E-state index contributed by atoms with van der Waals surface area (Å²) < 4.78 is 6.09. The minimum absolute atomic E-state index is 0.0301. The number of ether oxygens (including phenoxy) is 1. The zero-order chi connectivity index (χ0) is 17.7. The van der Waals surface area contributed by atoms with Crippen molar-refractivity contribution in [2.24, 2.45) is 0 Å². The molecule has 0 aliphatic carbocycles. The van der Waals surface area contributed by atoms with E-state index in [1.165, 1.54) is 22.4 Å². The predicted molar refractivity (Wildman–Crippen MR) is 107 cm³/mol. The van der Waals surface area contributed by atoms with Crippen molar-refractivity contribution < 1.29 is 4.74 Å². The smallest absolute Gasteiger partial charge is 0.0852 e. The standard InChI is InChI=1S/C23H31NO/c1-4-23(5-2)18-24(16-17-25-23)22-14-12-21(13-15-22)11-10-20-8-6-19(3)7-9-20/h6-9,12-15H,4-5,10-11,16-18H2,1-3H3. The van der Waals surface area contributed by atoms with Gasteiger partial charge in [-0.25, -0.2) is 0 Å². The molecule has 2 aromatic rings. The number of hydrogen-bond acceptors (Lipinski definition) is 2. The maximum Gasteiger partial charge on any atom is 0.0852 e. The molecule has 0 aromatic heterocycles. The lowest BCUT2D eigenvalue weighted by molar-refractivity contribution is -0.0605. The Morgan fingerprint density at radius 1 is 0.880 bits per heavy atom. The van der Waals surface area contributed by atoms with E-state index in [2.05, 4.69) is 74.2 Å². The summed E-state index contributed by atoms with van der Waals surface area (Å²) in [6.07, 6.45) is 4.36. The van der Waals surface area contributed by atoms with Crippen LogP contribution in [0.4, 0.5) is 5.69 Å². The van der Waals surface area contributed by atoms with E-state index in [0.29, 0.717) is 0 Å². The van der Waals surface area contributed by atoms with E-state index in [9.17, 15) is 0 Å². The van der Waals surface area contributed by atoms with Gasteiger partial charge < -0.3 is 9.64 Å². The molecule has 3 rings (SSSR count). The number of aryl methyl sites for hydroxylation is 3. The second-order valence-corrected chi connectivity index (χ2v) is 7.31. The highest BCUT2D eigenvalue weighted by Crippen LogP contribution is 2.29. The van der Waals surface area contributed by atoms with E-state index in [1.54, 1.807) is 0 Å². The average Bonchev–Trinajstić information content (AvgIpc) is 2.68. The van der Waals surface area contributed by atoms with Crippen molar-refractivity contribution in [2.45, 2.75) is 52.1 Å². The number of nitrogens with zero attached hydrogens (tertiary/aromatic N) is 1. The fraction of sp³-hybridized carbons (Fsp3) is 0.478. The summed E-state index contributed by atoms with van der Waals surface area (Å²) in [5.74, 6) is 0. The Bertz CT molecular complexity index is 655. The Labute approximate surface area is 152 Å². The molecular formula is C23H31NO. The van der Waals surface area contributed by atoms with E-state index in [4.69, 9.17) is 4.74 Å². The molecule has 1 aliphatic heterocycles. The molecule has 0 atom stereocenters. The molecular weight excluding hydrogens is 306 g/mol. The number of anilines is 1. The fourth-order valence-electron chi connectivity index (χ4n) is 3.66. The van der Waals surface area contributed by atoms with Gasteiger partial charge in [-0.05, 0) is 55.9 Å². The Kier molecular flexibility index (Phi) is 5.80. The number of morpholine rings is 1. The van der Waals surface area contributed by atoms with Crippen LogP contribution in [0.2, 0.25) is 0 Å². The van der Waals surface area contributed by atoms with Crippen molar-refractivity contribution >= 4 is 5.69 Å². The van der Waals surface area contributed by atoms with Gasteiger partial charge in [0.15, 0.2) is 0 Å². The zero-order valence-electron chi connectivity index (χ0n) is 15.9. The first-order valence-electron chi connectivity index (χ1n) is 9.67. The molecule has 2 aromatic carbocycles. The third-order valence-corrected chi connectivity index (χ3v) is 5.66. The lowest BCUT2D eigenvalue weighted by Crippen LogP contribution is -2.51. The third-order valence-electron chi connectivity index (χ3n) is 5.66. The molecule has 25 heavy (non-hydrogen) atoms. The van der Waals surface area contributed by atoms with Crippen LogP contribution in [0.15, 0.2) is 48.5 Å². The van der Waals surface area contributed by atoms with Crippen LogP contribution in [0.25, 0.3) is 0 Å². The van der Waals surface area contributed by atoms with Crippen LogP contribution in [0.1, 0.15) is 43.4 Å². The van der Waals surface area contributed by atoms with Crippen LogP contribution in [0.5, 0.6) is 0 Å². The second-order valence-electron chi connectivity index (χ2n) is 7.31. The average molecular weight is 338 g/mol. The van der Waals surface area contributed by atoms with Crippen LogP contribution < -0.4 is 4.90 Å². The van der Waals surface area contributed by atoms with Gasteiger partial charge in [-0.1, -0.05) is 55.8 Å². The Morgan fingerprint density at radius 3 is 2.00 bits per heavy atom. The van der Waals surface area contributed by atoms with Gasteiger partial charge in [0.2, 0.25) is 0 Å². The molecule has 2 heteroatoms. The maximum atomic E-state index is 6.09. The summed E-state index contributed by atoms with van der Waals surface area (Å²) in [5, 5.41) is 0. The quantitative estimate of drug-likeness (QED) is 0.720. The summed E-state index contributed by atoms with van der Waals surface area (Å²) >= 11 is 0. The molecule has 1 saturated heterocycles. The van der Waals surface area contributed by atoms with Crippen molar-refractivity contribution in [1.82, 2.24) is 0 Å². The summed E-state index contributed by atoms with van der Waals surface area (Å²) in [6.45, 7) is 9.44. The fourth-order valence-corrected chi connectivity index (χ4v) is 3.66. The molecule has 1 heterocycles. The molecule has 0 N–H and O–H groups in total. The SMILES string of the molecule is CCC1(CC)CN(c2ccc(CCc3ccc(C)cc3)cc2)CCO1. The second kappa shape index (κ2) is 8.05. The van der Waals surface area contributed by atoms with E-state index in [1.807, 2.05) is 0 Å². The Morgan fingerprint density at radius 2 is 1.44 bits per heavy atom. The molecule has 0 radical (unpaired) electrons. The monoisotopic (exact) mass is 337 g/mol. The minimum atomic E-state index is 0.0301. The summed E-state index contributed by atoms with van der Waals surface area (Å²) in [4.78, 5) is 2.49. The first-order valence-corrected chi connectivity index (χ1v) is 9.67. The zero-order valence-corrected chi connectivity index (χ0v) is 15.9. The van der Waals surface area contributed by atoms with Gasteiger partial charge in [0.05, 0.1) is 12.2 Å². The van der Waals surface area contributed by atoms with Gasteiger partial charge in [-0.2, -0.15) is 0 Å². The number of hydrogen-bond donors (Lipinski definition) is 0. The molecule has 2 nitrogen and oxygen atoms in total. The molecule has 1 fully saturated rings. The van der Waals surface area contributed by atoms with Crippen molar-refractivity contribution in [2.75, 3.05) is 24.6 Å². The summed E-state index contributed by atoms with van der Waals surface area (Å²) in [5.41, 5.74) is 5.51. The van der Waals surface area contributed by atoms with Gasteiger partial charge >= 0.3 is 0 Å². The number of rotatable bonds is 6. The van der Waals surface area contributed by atoms with Crippen LogP contribution in [-0.4, -0.2) is 25.3 Å². The van der Waals surface area contributed by atoms with Gasteiger partial charge in [0, 0.05) is 18.8 Å². The van der Waals surface area contributed by atoms with Crippen LogP contribution >= 0.6 is 0 Å². The van der Waals surface area contributed by atoms with E-state index in [-0.39, 0.29) is 5.60 Å². The lowest BCUT2D eigenvalue weighted by Gasteiger charge is -2.43. The van der Waals surface area contributed by atoms with E-state index in [0.717, 1.165) is 45.4 Å². The third kappa shape index (κ3) is 4.43. The van der Waals surface area contributed by atoms with E-state index < -0.39 is 0 Å². The van der Waals surface area contributed by atoms with Crippen molar-refractivity contribution in [3.8, 4) is 0 Å². The van der Waals surface area contributed by atoms with Crippen LogP contribution in [-0.2, 0) is 17.6 Å². The normalized spacial score (nSPS) is 16.8. The first-order chi connectivity index (χ1) is 12.1. The molecule has 0 unspecified atom stereocenters. The molecule has 0 spiro atoms. The minimum Gasteiger partial charge on any atom is -0.371 e. The van der Waals surface area contributed by atoms with Gasteiger partial charge in [-0.15, -0.1) is 0 Å². The van der Waals surface area contributed by atoms with Gasteiger partial charge in [0.25, 0.3) is 0 Å². The van der Waals surface area contributed by atoms with E-state index >= 15 is 0 Å². The highest BCUT2D eigenvalue weighted by molar-refractivity contribution is 5.48. The van der Waals surface area contributed by atoms with Crippen LogP contribution in [0.3, 0.4) is 0 Å². The first kappa shape index (κ1) is 18.0. The maximum absolute atomic E-state index is 6.09. The molecule has 0 saturated carbocycles. The predicted octanol–water partition coefficient (Wildman–Crippen LogP) is 5.18. The molecule has 134 valence electrons. The Balaban J connectivity index is 1.61. The molecule has 0 bridgehead atoms. The Hall–Kier alpha value is -1.80. The topological polar surface area (TPSA) is 12.5 Å². The summed E-state index contributed by atoms with van der Waals surface area (Å²) in [7, 11) is 0. The lowest BCUT2D eigenvalue weighted by atomic mass is 9.94. The summed E-state index contributed by atoms with van der Waals surface area (Å²) in [6, 6.07) is 18.0. The highest BCUT2D eigenvalue weighted by Gasteiger charge is 2.33. The van der Waals surface area contributed by atoms with Gasteiger partial charge in [0.1, 0.15) is 0 Å². The molecule has 1 aliphatic rings. The van der Waals surface area contributed by atoms with Gasteiger partial charge in [-0.3, -0.25) is 0 Å². The van der Waals surface area contributed by atoms with Crippen molar-refractivity contribution in [1.29, 1.82) is 0 Å². The van der Waals surface area contributed by atoms with Crippen molar-refractivity contribution in [3.05, 3.63) is 65.2 Å². The van der Waals surface area contributed by atoms with Crippen LogP contribution in [0, 0.1) is 6.92 Å².